The van der Waals surface area contributed by atoms with Crippen LogP contribution in [0.15, 0.2) is 24.3 Å². The molecule has 1 aromatic carbocycles. The molecule has 4 rings (SSSR count). The lowest BCUT2D eigenvalue weighted by Gasteiger charge is -2.38. The maximum absolute atomic E-state index is 13.9. The van der Waals surface area contributed by atoms with Crippen molar-refractivity contribution >= 4 is 35.1 Å². The van der Waals surface area contributed by atoms with Gasteiger partial charge in [0, 0.05) is 0 Å². The fraction of sp³-hybridized carbons (Fsp3) is 0.625. The average molecular weight is 479 g/mol. The van der Waals surface area contributed by atoms with Gasteiger partial charge in [0.15, 0.2) is 0 Å². The Hall–Kier alpha value is -2.16. The van der Waals surface area contributed by atoms with Crippen molar-refractivity contribution in [2.45, 2.75) is 63.8 Å². The smallest absolute Gasteiger partial charge is 0.312 e. The van der Waals surface area contributed by atoms with Gasteiger partial charge in [-0.1, -0.05) is 44.0 Å². The molecule has 180 valence electrons. The number of carbonyl (C=O) groups excluding carboxylic acids is 3. The number of likely N-dealkylation sites (tertiary alicyclic amines) is 1. The first-order chi connectivity index (χ1) is 15.8. The molecule has 1 spiro atoms. The largest absolute Gasteiger partial charge is 0.466 e. The van der Waals surface area contributed by atoms with E-state index in [2.05, 4.69) is 5.32 Å². The second kappa shape index (κ2) is 9.24. The predicted molar refractivity (Wildman–Crippen MR) is 121 cm³/mol. The number of carbonyl (C=O) groups is 3. The first-order valence-electron chi connectivity index (χ1n) is 11.6. The summed E-state index contributed by atoms with van der Waals surface area (Å²) in [6.07, 6.45) is 1.27. The minimum absolute atomic E-state index is 0.0666. The number of benzene rings is 1. The summed E-state index contributed by atoms with van der Waals surface area (Å²) in [4.78, 5) is 41.9. The zero-order chi connectivity index (χ0) is 23.9. The molecule has 0 saturated carbocycles. The molecule has 2 amide bonds. The summed E-state index contributed by atoms with van der Waals surface area (Å²) < 4.78 is 11.6. The number of aliphatic hydroxyl groups excluding tert-OH is 1. The molecule has 3 aliphatic rings. The maximum Gasteiger partial charge on any atom is 0.312 e. The highest BCUT2D eigenvalue weighted by atomic mass is 35.5. The minimum atomic E-state index is -1.15. The third-order valence-corrected chi connectivity index (χ3v) is 7.85. The fourth-order valence-corrected chi connectivity index (χ4v) is 6.02. The van der Waals surface area contributed by atoms with E-state index in [0.717, 1.165) is 0 Å². The fourth-order valence-electron chi connectivity index (χ4n) is 5.83. The molecule has 2 bridgehead atoms. The SMILES string of the molecule is CCOC(=O)[C@@H]1[C@H]2C(=O)N([C@@H](CO)[C@@H](C)CC)[C@H](C(=O)Nc3ccccc3Cl)[C@]23CC[C@H]1O3. The van der Waals surface area contributed by atoms with E-state index in [1.165, 1.54) is 4.90 Å². The van der Waals surface area contributed by atoms with Gasteiger partial charge >= 0.3 is 5.97 Å². The van der Waals surface area contributed by atoms with Crippen LogP contribution in [0.5, 0.6) is 0 Å². The van der Waals surface area contributed by atoms with Gasteiger partial charge in [0.05, 0.1) is 47.9 Å². The number of aliphatic hydroxyl groups is 1. The number of esters is 1. The first-order valence-corrected chi connectivity index (χ1v) is 12.0. The molecule has 0 aliphatic carbocycles. The van der Waals surface area contributed by atoms with Crippen LogP contribution in [0.1, 0.15) is 40.0 Å². The van der Waals surface area contributed by atoms with Crippen LogP contribution in [0, 0.1) is 17.8 Å². The Balaban J connectivity index is 1.77. The van der Waals surface area contributed by atoms with Gasteiger partial charge in [0.1, 0.15) is 11.6 Å². The highest BCUT2D eigenvalue weighted by Crippen LogP contribution is 2.59. The number of hydrogen-bond acceptors (Lipinski definition) is 6. The summed E-state index contributed by atoms with van der Waals surface area (Å²) in [5, 5.41) is 13.5. The van der Waals surface area contributed by atoms with Crippen molar-refractivity contribution in [2.24, 2.45) is 17.8 Å². The molecule has 3 saturated heterocycles. The number of para-hydroxylation sites is 1. The lowest BCUT2D eigenvalue weighted by Crippen LogP contribution is -2.57. The topological polar surface area (TPSA) is 105 Å². The van der Waals surface area contributed by atoms with Crippen LogP contribution in [0.3, 0.4) is 0 Å². The first kappa shape index (κ1) is 24.0. The number of fused-ring (bicyclic) bond motifs is 1. The van der Waals surface area contributed by atoms with Crippen LogP contribution in [-0.2, 0) is 23.9 Å². The Labute approximate surface area is 198 Å². The van der Waals surface area contributed by atoms with E-state index in [0.29, 0.717) is 30.0 Å². The molecule has 0 aromatic heterocycles. The molecule has 7 atom stereocenters. The number of ether oxygens (including phenoxy) is 2. The number of anilines is 1. The van der Waals surface area contributed by atoms with Crippen molar-refractivity contribution in [1.82, 2.24) is 4.90 Å². The van der Waals surface area contributed by atoms with Gasteiger partial charge in [-0.3, -0.25) is 14.4 Å². The zero-order valence-corrected chi connectivity index (χ0v) is 19.9. The molecule has 3 fully saturated rings. The summed E-state index contributed by atoms with van der Waals surface area (Å²) >= 11 is 6.26. The second-order valence-electron chi connectivity index (χ2n) is 9.16. The molecule has 3 aliphatic heterocycles. The Kier molecular flexibility index (Phi) is 6.71. The molecular weight excluding hydrogens is 448 g/mol. The minimum Gasteiger partial charge on any atom is -0.466 e. The van der Waals surface area contributed by atoms with E-state index in [4.69, 9.17) is 21.1 Å². The van der Waals surface area contributed by atoms with Crippen molar-refractivity contribution in [3.05, 3.63) is 29.3 Å². The Morgan fingerprint density at radius 2 is 2.09 bits per heavy atom. The van der Waals surface area contributed by atoms with Crippen LogP contribution in [0.25, 0.3) is 0 Å². The zero-order valence-electron chi connectivity index (χ0n) is 19.1. The van der Waals surface area contributed by atoms with Gasteiger partial charge in [-0.05, 0) is 37.8 Å². The molecule has 3 heterocycles. The second-order valence-corrected chi connectivity index (χ2v) is 9.57. The molecule has 8 nitrogen and oxygen atoms in total. The number of nitrogens with zero attached hydrogens (tertiary/aromatic N) is 1. The highest BCUT2D eigenvalue weighted by molar-refractivity contribution is 6.33. The van der Waals surface area contributed by atoms with Gasteiger partial charge in [-0.15, -0.1) is 0 Å². The van der Waals surface area contributed by atoms with Crippen molar-refractivity contribution in [3.8, 4) is 0 Å². The Bertz CT molecular complexity index is 941. The maximum atomic E-state index is 13.9. The van der Waals surface area contributed by atoms with Gasteiger partial charge in [-0.2, -0.15) is 0 Å². The summed E-state index contributed by atoms with van der Waals surface area (Å²) in [6, 6.07) is 5.28. The van der Waals surface area contributed by atoms with E-state index in [1.54, 1.807) is 31.2 Å². The normalized spacial score (nSPS) is 31.9. The van der Waals surface area contributed by atoms with E-state index >= 15 is 0 Å². The predicted octanol–water partition coefficient (Wildman–Crippen LogP) is 2.62. The van der Waals surface area contributed by atoms with Gasteiger partial charge in [0.25, 0.3) is 0 Å². The van der Waals surface area contributed by atoms with Crippen molar-refractivity contribution in [1.29, 1.82) is 0 Å². The molecule has 0 unspecified atom stereocenters. The molecule has 2 N–H and O–H groups in total. The summed E-state index contributed by atoms with van der Waals surface area (Å²) in [6.45, 7) is 5.52. The van der Waals surface area contributed by atoms with Crippen LogP contribution in [-0.4, -0.2) is 64.8 Å². The molecule has 1 aromatic rings. The monoisotopic (exact) mass is 478 g/mol. The van der Waals surface area contributed by atoms with Crippen molar-refractivity contribution < 1.29 is 29.0 Å². The van der Waals surface area contributed by atoms with E-state index < -0.39 is 47.5 Å². The Morgan fingerprint density at radius 1 is 1.36 bits per heavy atom. The third-order valence-electron chi connectivity index (χ3n) is 7.52. The van der Waals surface area contributed by atoms with Crippen molar-refractivity contribution in [2.75, 3.05) is 18.5 Å². The average Bonchev–Trinajstić information content (AvgIpc) is 3.43. The summed E-state index contributed by atoms with van der Waals surface area (Å²) in [5.74, 6) is -2.90. The lowest BCUT2D eigenvalue weighted by molar-refractivity contribution is -0.155. The van der Waals surface area contributed by atoms with Crippen molar-refractivity contribution in [3.63, 3.8) is 0 Å². The van der Waals surface area contributed by atoms with E-state index in [9.17, 15) is 19.5 Å². The Morgan fingerprint density at radius 3 is 2.73 bits per heavy atom. The van der Waals surface area contributed by atoms with Crippen LogP contribution >= 0.6 is 11.6 Å². The van der Waals surface area contributed by atoms with Gasteiger partial charge in [-0.25, -0.2) is 0 Å². The van der Waals surface area contributed by atoms with Gasteiger partial charge < -0.3 is 24.8 Å². The van der Waals surface area contributed by atoms with Crippen LogP contribution < -0.4 is 5.32 Å². The number of rotatable bonds is 8. The molecule has 9 heteroatoms. The van der Waals surface area contributed by atoms with Gasteiger partial charge in [0.2, 0.25) is 11.8 Å². The molecule has 0 radical (unpaired) electrons. The summed E-state index contributed by atoms with van der Waals surface area (Å²) in [7, 11) is 0. The number of amides is 2. The van der Waals surface area contributed by atoms with E-state index in [-0.39, 0.29) is 25.0 Å². The number of hydrogen-bond donors (Lipinski definition) is 2. The van der Waals surface area contributed by atoms with Crippen LogP contribution in [0.4, 0.5) is 5.69 Å². The third kappa shape index (κ3) is 3.72. The molecular formula is C24H31ClN2O6. The number of halogens is 1. The molecule has 33 heavy (non-hydrogen) atoms. The standard InChI is InChI=1S/C24H31ClN2O6/c1-4-13(3)16(12-28)27-20(21(29)26-15-9-7-6-8-14(15)25)24-11-10-17(33-24)18(19(24)22(27)30)23(31)32-5-2/h6-9,13,16-20,28H,4-5,10-12H2,1-3H3,(H,26,29)/t13-,16-,17+,18-,19-,20+,24-/m0/s1. The number of nitrogens with one attached hydrogen (secondary N) is 1. The summed E-state index contributed by atoms with van der Waals surface area (Å²) in [5.41, 5.74) is -0.722. The van der Waals surface area contributed by atoms with E-state index in [1.807, 2.05) is 13.8 Å². The van der Waals surface area contributed by atoms with Crippen LogP contribution in [0.2, 0.25) is 5.02 Å². The highest BCUT2D eigenvalue weighted by Gasteiger charge is 2.75. The lowest BCUT2D eigenvalue weighted by atomic mass is 9.70. The quantitative estimate of drug-likeness (QED) is 0.556.